The number of hydrogen-bond donors (Lipinski definition) is 5. The zero-order chi connectivity index (χ0) is 27.7. The van der Waals surface area contributed by atoms with Crippen molar-refractivity contribution >= 4 is 11.8 Å². The van der Waals surface area contributed by atoms with Gasteiger partial charge in [-0.1, -0.05) is 36.4 Å². The lowest BCUT2D eigenvalue weighted by Gasteiger charge is -2.41. The van der Waals surface area contributed by atoms with Crippen molar-refractivity contribution in [1.82, 2.24) is 15.8 Å². The van der Waals surface area contributed by atoms with Gasteiger partial charge >= 0.3 is 6.18 Å². The number of carbonyl (C=O) groups excluding carboxylic acids is 2. The van der Waals surface area contributed by atoms with Crippen molar-refractivity contribution in [3.05, 3.63) is 76.6 Å². The van der Waals surface area contributed by atoms with Gasteiger partial charge in [0.2, 0.25) is 5.91 Å². The molecule has 9 nitrogen and oxygen atoms in total. The molecular weight excluding hydrogens is 503 g/mol. The van der Waals surface area contributed by atoms with E-state index in [1.54, 1.807) is 48.5 Å². The molecule has 38 heavy (non-hydrogen) atoms. The number of aliphatic hydroxyl groups is 1. The number of primary amides is 1. The highest BCUT2D eigenvalue weighted by atomic mass is 19.4. The number of methoxy groups -OCH3 is 1. The number of nitrogens with one attached hydrogen (secondary N) is 2. The summed E-state index contributed by atoms with van der Waals surface area (Å²) in [5.41, 5.74) is 14.2. The molecule has 1 atom stereocenters. The number of rotatable bonds is 7. The van der Waals surface area contributed by atoms with Crippen LogP contribution < -0.4 is 26.9 Å². The number of para-hydroxylation sites is 1. The maximum atomic E-state index is 13.2. The van der Waals surface area contributed by atoms with Crippen molar-refractivity contribution in [3.63, 3.8) is 0 Å². The van der Waals surface area contributed by atoms with E-state index in [2.05, 4.69) is 10.7 Å². The summed E-state index contributed by atoms with van der Waals surface area (Å²) in [6, 6.07) is 12.8. The molecule has 2 amide bonds. The van der Waals surface area contributed by atoms with Crippen molar-refractivity contribution in [2.45, 2.75) is 56.1 Å². The van der Waals surface area contributed by atoms with Crippen molar-refractivity contribution in [2.24, 2.45) is 11.5 Å². The first-order chi connectivity index (χ1) is 17.9. The van der Waals surface area contributed by atoms with Gasteiger partial charge in [-0.25, -0.2) is 5.43 Å². The zero-order valence-electron chi connectivity index (χ0n) is 20.7. The first-order valence-corrected chi connectivity index (χ1v) is 12.1. The van der Waals surface area contributed by atoms with Crippen molar-refractivity contribution < 1.29 is 32.6 Å². The van der Waals surface area contributed by atoms with E-state index in [0.29, 0.717) is 16.9 Å². The lowest BCUT2D eigenvalue weighted by Crippen LogP contribution is -2.53. The minimum Gasteiger partial charge on any atom is -0.496 e. The maximum Gasteiger partial charge on any atom is 0.417 e. The second kappa shape index (κ2) is 10.5. The van der Waals surface area contributed by atoms with Gasteiger partial charge in [-0.2, -0.15) is 13.2 Å². The van der Waals surface area contributed by atoms with Crippen LogP contribution in [0.2, 0.25) is 0 Å². The Hall–Kier alpha value is -3.77. The molecule has 4 rings (SSSR count). The summed E-state index contributed by atoms with van der Waals surface area (Å²) < 4.78 is 44.8. The SMILES string of the molecule is COc1ccccc1C(=O)NCc1ccc(C2NN(C3CCC(O)(C(F)(F)F)CC3)C(N)=C2C(N)=O)cc1. The van der Waals surface area contributed by atoms with E-state index < -0.39 is 42.6 Å². The van der Waals surface area contributed by atoms with Crippen molar-refractivity contribution in [2.75, 3.05) is 7.11 Å². The standard InChI is InChI=1S/C26H30F3N5O4/c1-38-19-5-3-2-4-18(19)24(36)32-14-15-6-8-16(9-7-15)21-20(23(31)35)22(30)34(33-21)17-10-12-25(37,13-11-17)26(27,28)29/h2-9,17,21,33,37H,10-14,30H2,1H3,(H2,31,35)(H,32,36). The van der Waals surface area contributed by atoms with Gasteiger partial charge < -0.3 is 26.6 Å². The van der Waals surface area contributed by atoms with Crippen LogP contribution in [0.5, 0.6) is 5.75 Å². The number of halogens is 3. The highest BCUT2D eigenvalue weighted by Crippen LogP contribution is 2.43. The number of amides is 2. The summed E-state index contributed by atoms with van der Waals surface area (Å²) in [6.45, 7) is 0.242. The van der Waals surface area contributed by atoms with Crippen LogP contribution >= 0.6 is 0 Å². The summed E-state index contributed by atoms with van der Waals surface area (Å²) in [4.78, 5) is 24.8. The third kappa shape index (κ3) is 5.27. The van der Waals surface area contributed by atoms with Crippen LogP contribution in [0, 0.1) is 0 Å². The predicted octanol–water partition coefficient (Wildman–Crippen LogP) is 2.38. The molecule has 1 unspecified atom stereocenters. The second-order valence-electron chi connectivity index (χ2n) is 9.48. The van der Waals surface area contributed by atoms with E-state index in [1.165, 1.54) is 12.1 Å². The second-order valence-corrected chi connectivity index (χ2v) is 9.48. The topological polar surface area (TPSA) is 143 Å². The van der Waals surface area contributed by atoms with E-state index in [4.69, 9.17) is 16.2 Å². The molecule has 12 heteroatoms. The molecule has 1 heterocycles. The number of ether oxygens (including phenoxy) is 1. The fraction of sp³-hybridized carbons (Fsp3) is 0.385. The lowest BCUT2D eigenvalue weighted by molar-refractivity contribution is -0.272. The Morgan fingerprint density at radius 3 is 2.37 bits per heavy atom. The third-order valence-electron chi connectivity index (χ3n) is 7.15. The molecule has 0 bridgehead atoms. The number of hydrazine groups is 1. The van der Waals surface area contributed by atoms with Gasteiger partial charge in [-0.15, -0.1) is 0 Å². The van der Waals surface area contributed by atoms with Crippen LogP contribution in [0.15, 0.2) is 59.9 Å². The first-order valence-electron chi connectivity index (χ1n) is 12.1. The quantitative estimate of drug-likeness (QED) is 0.368. The lowest BCUT2D eigenvalue weighted by atomic mass is 9.81. The van der Waals surface area contributed by atoms with E-state index in [-0.39, 0.29) is 36.7 Å². The summed E-state index contributed by atoms with van der Waals surface area (Å²) in [6.07, 6.45) is -5.62. The van der Waals surface area contributed by atoms with Gasteiger partial charge in [0.15, 0.2) is 5.60 Å². The molecule has 0 saturated heterocycles. The van der Waals surface area contributed by atoms with E-state index in [9.17, 15) is 27.9 Å². The molecule has 2 aliphatic rings. The molecule has 2 aromatic carbocycles. The Bertz CT molecular complexity index is 1220. The van der Waals surface area contributed by atoms with E-state index in [1.807, 2.05) is 0 Å². The number of alkyl halides is 3. The average molecular weight is 534 g/mol. The highest BCUT2D eigenvalue weighted by Gasteiger charge is 2.55. The Morgan fingerprint density at radius 2 is 1.79 bits per heavy atom. The van der Waals surface area contributed by atoms with Crippen LogP contribution in [0.3, 0.4) is 0 Å². The number of nitrogens with two attached hydrogens (primary N) is 2. The fourth-order valence-electron chi connectivity index (χ4n) is 4.92. The molecule has 1 fully saturated rings. The molecule has 0 spiro atoms. The van der Waals surface area contributed by atoms with Gasteiger partial charge in [0.05, 0.1) is 24.3 Å². The summed E-state index contributed by atoms with van der Waals surface area (Å²) >= 11 is 0. The van der Waals surface area contributed by atoms with Gasteiger partial charge in [-0.3, -0.25) is 14.6 Å². The number of benzene rings is 2. The highest BCUT2D eigenvalue weighted by molar-refractivity contribution is 5.97. The molecule has 204 valence electrons. The Labute approximate surface area is 217 Å². The fourth-order valence-corrected chi connectivity index (χ4v) is 4.92. The number of nitrogens with zero attached hydrogens (tertiary/aromatic N) is 1. The zero-order valence-corrected chi connectivity index (χ0v) is 20.7. The molecule has 7 N–H and O–H groups in total. The minimum atomic E-state index is -4.72. The Morgan fingerprint density at radius 1 is 1.16 bits per heavy atom. The average Bonchev–Trinajstić information content (AvgIpc) is 3.24. The first kappa shape index (κ1) is 27.3. The van der Waals surface area contributed by atoms with E-state index in [0.717, 1.165) is 5.56 Å². The molecule has 0 radical (unpaired) electrons. The molecule has 2 aromatic rings. The van der Waals surface area contributed by atoms with Gasteiger partial charge in [0.25, 0.3) is 5.91 Å². The summed E-state index contributed by atoms with van der Waals surface area (Å²) in [7, 11) is 1.49. The molecule has 1 aliphatic heterocycles. The smallest absolute Gasteiger partial charge is 0.417 e. The number of hydrogen-bond acceptors (Lipinski definition) is 7. The molecular formula is C26H30F3N5O4. The normalized spacial score (nSPS) is 23.9. The minimum absolute atomic E-state index is 0.0211. The van der Waals surface area contributed by atoms with E-state index >= 15 is 0 Å². The Balaban J connectivity index is 1.44. The summed E-state index contributed by atoms with van der Waals surface area (Å²) in [5, 5.41) is 14.3. The molecule has 1 saturated carbocycles. The maximum absolute atomic E-state index is 13.2. The molecule has 0 aromatic heterocycles. The van der Waals surface area contributed by atoms with Crippen LogP contribution in [0.25, 0.3) is 0 Å². The van der Waals surface area contributed by atoms with Crippen LogP contribution in [0.4, 0.5) is 13.2 Å². The summed E-state index contributed by atoms with van der Waals surface area (Å²) in [5.74, 6) is -0.533. The largest absolute Gasteiger partial charge is 0.496 e. The van der Waals surface area contributed by atoms with Crippen molar-refractivity contribution in [3.8, 4) is 5.75 Å². The van der Waals surface area contributed by atoms with Gasteiger partial charge in [0, 0.05) is 12.6 Å². The van der Waals surface area contributed by atoms with Crippen LogP contribution in [-0.4, -0.2) is 46.9 Å². The predicted molar refractivity (Wildman–Crippen MR) is 132 cm³/mol. The Kier molecular flexibility index (Phi) is 7.56. The van der Waals surface area contributed by atoms with Crippen molar-refractivity contribution in [1.29, 1.82) is 0 Å². The molecule has 1 aliphatic carbocycles. The number of carbonyl (C=O) groups is 2. The van der Waals surface area contributed by atoms with Gasteiger partial charge in [-0.05, 0) is 48.9 Å². The monoisotopic (exact) mass is 533 g/mol. The van der Waals surface area contributed by atoms with Gasteiger partial charge in [0.1, 0.15) is 11.6 Å². The van der Waals surface area contributed by atoms with Crippen LogP contribution in [0.1, 0.15) is 53.2 Å². The van der Waals surface area contributed by atoms with Crippen LogP contribution in [-0.2, 0) is 11.3 Å². The third-order valence-corrected chi connectivity index (χ3v) is 7.15.